The van der Waals surface area contributed by atoms with E-state index in [-0.39, 0.29) is 5.78 Å². The lowest BCUT2D eigenvalue weighted by Crippen LogP contribution is -2.09. The second-order valence-corrected chi connectivity index (χ2v) is 9.91. The number of nitrogens with one attached hydrogen (secondary N) is 3. The summed E-state index contributed by atoms with van der Waals surface area (Å²) in [6.07, 6.45) is 9.73. The Labute approximate surface area is 222 Å². The number of aromatic nitrogens is 3. The van der Waals surface area contributed by atoms with Crippen LogP contribution in [0.5, 0.6) is 0 Å². The second-order valence-electron chi connectivity index (χ2n) is 9.50. The maximum Gasteiger partial charge on any atom is 0.227 e. The number of hydrogen-bond donors (Lipinski definition) is 3. The van der Waals surface area contributed by atoms with Crippen molar-refractivity contribution in [3.63, 3.8) is 0 Å². The summed E-state index contributed by atoms with van der Waals surface area (Å²) in [5.41, 5.74) is 3.10. The van der Waals surface area contributed by atoms with Gasteiger partial charge in [0.15, 0.2) is 5.78 Å². The number of aromatic amines is 1. The van der Waals surface area contributed by atoms with Gasteiger partial charge in [-0.05, 0) is 68.7 Å². The molecule has 0 aliphatic carbocycles. The van der Waals surface area contributed by atoms with Crippen molar-refractivity contribution in [1.82, 2.24) is 15.0 Å². The molecule has 196 valence electrons. The molecule has 8 nitrogen and oxygen atoms in total. The molecule has 0 saturated carbocycles. The highest BCUT2D eigenvalue weighted by Gasteiger charge is 2.20. The van der Waals surface area contributed by atoms with Gasteiger partial charge < -0.3 is 20.4 Å². The lowest BCUT2D eigenvalue weighted by molar-refractivity contribution is 0.0553. The molecule has 0 amide bonds. The Morgan fingerprint density at radius 3 is 2.95 bits per heavy atom. The number of carbonyl (C=O) groups is 1. The minimum absolute atomic E-state index is 0.0977. The molecule has 1 saturated heterocycles. The van der Waals surface area contributed by atoms with Gasteiger partial charge in [-0.3, -0.25) is 9.79 Å². The van der Waals surface area contributed by atoms with E-state index in [4.69, 9.17) is 21.7 Å². The first-order chi connectivity index (χ1) is 18.0. The van der Waals surface area contributed by atoms with E-state index in [1.807, 2.05) is 19.1 Å². The summed E-state index contributed by atoms with van der Waals surface area (Å²) in [5, 5.41) is 12.2. The predicted molar refractivity (Wildman–Crippen MR) is 150 cm³/mol. The van der Waals surface area contributed by atoms with Gasteiger partial charge >= 0.3 is 0 Å². The predicted octanol–water partition coefficient (Wildman–Crippen LogP) is 6.76. The quantitative estimate of drug-likeness (QED) is 0.190. The second kappa shape index (κ2) is 12.9. The van der Waals surface area contributed by atoms with Gasteiger partial charge in [0.2, 0.25) is 5.95 Å². The van der Waals surface area contributed by atoms with Crippen molar-refractivity contribution in [1.29, 1.82) is 5.41 Å². The first kappa shape index (κ1) is 26.9. The van der Waals surface area contributed by atoms with E-state index in [1.165, 1.54) is 6.21 Å². The summed E-state index contributed by atoms with van der Waals surface area (Å²) in [6, 6.07) is 7.29. The summed E-state index contributed by atoms with van der Waals surface area (Å²) in [6.45, 7) is 5.62. The fourth-order valence-corrected chi connectivity index (χ4v) is 4.95. The van der Waals surface area contributed by atoms with Crippen LogP contribution < -0.4 is 5.32 Å². The Bertz CT molecular complexity index is 1270. The molecule has 1 aromatic carbocycles. The molecule has 37 heavy (non-hydrogen) atoms. The minimum Gasteiger partial charge on any atom is -0.378 e. The zero-order valence-electron chi connectivity index (χ0n) is 21.5. The summed E-state index contributed by atoms with van der Waals surface area (Å²) in [7, 11) is 0. The van der Waals surface area contributed by atoms with E-state index in [1.54, 1.807) is 18.3 Å². The first-order valence-electron chi connectivity index (χ1n) is 13.1. The number of anilines is 2. The van der Waals surface area contributed by atoms with Crippen molar-refractivity contribution < 1.29 is 9.53 Å². The SMILES string of the molecule is CCCN=C(C=N)c1ccnc(Nc2cc(Cl)c3[nH]c(C(=O)CCC4CCOC(CC)CC4)cc3c2)n1. The maximum atomic E-state index is 13.0. The molecule has 0 radical (unpaired) electrons. The van der Waals surface area contributed by atoms with Gasteiger partial charge in [0.25, 0.3) is 0 Å². The van der Waals surface area contributed by atoms with Crippen molar-refractivity contribution in [2.24, 2.45) is 10.9 Å². The maximum absolute atomic E-state index is 13.0. The summed E-state index contributed by atoms with van der Waals surface area (Å²) < 4.78 is 5.88. The van der Waals surface area contributed by atoms with Crippen LogP contribution >= 0.6 is 11.6 Å². The molecule has 0 bridgehead atoms. The number of Topliss-reactive ketones (excluding diaryl/α,β-unsaturated/α-hetero) is 1. The molecule has 2 unspecified atom stereocenters. The van der Waals surface area contributed by atoms with Gasteiger partial charge in [-0.15, -0.1) is 0 Å². The van der Waals surface area contributed by atoms with Gasteiger partial charge in [-0.1, -0.05) is 25.4 Å². The number of halogens is 1. The summed E-state index contributed by atoms with van der Waals surface area (Å²) >= 11 is 6.57. The molecule has 2 aromatic heterocycles. The van der Waals surface area contributed by atoms with E-state index in [2.05, 4.69) is 32.2 Å². The molecular weight excluding hydrogens is 488 g/mol. The highest BCUT2D eigenvalue weighted by Crippen LogP contribution is 2.31. The van der Waals surface area contributed by atoms with Crippen molar-refractivity contribution in [3.05, 3.63) is 46.9 Å². The van der Waals surface area contributed by atoms with Crippen molar-refractivity contribution in [2.75, 3.05) is 18.5 Å². The molecule has 4 rings (SSSR count). The molecule has 1 fully saturated rings. The molecule has 3 aromatic rings. The molecule has 1 aliphatic heterocycles. The Morgan fingerprint density at radius 1 is 1.30 bits per heavy atom. The number of ketones is 1. The van der Waals surface area contributed by atoms with Crippen LogP contribution in [-0.2, 0) is 4.74 Å². The monoisotopic (exact) mass is 522 g/mol. The fourth-order valence-electron chi connectivity index (χ4n) is 4.68. The number of carbonyl (C=O) groups excluding carboxylic acids is 1. The Balaban J connectivity index is 1.45. The van der Waals surface area contributed by atoms with Crippen LogP contribution in [0.1, 0.15) is 75.0 Å². The standard InChI is InChI=1S/C28H35ClN6O2/c1-3-11-31-25(17-30)23-9-12-32-28(35-23)33-20-14-19-15-24(34-27(19)22(29)16-20)26(36)8-6-18-5-7-21(4-2)37-13-10-18/h9,12,14-18,21,30,34H,3-8,10-11,13H2,1-2H3,(H,32,33,35). The van der Waals surface area contributed by atoms with E-state index in [9.17, 15) is 4.79 Å². The third-order valence-corrected chi connectivity index (χ3v) is 7.11. The van der Waals surface area contributed by atoms with Crippen LogP contribution in [0.3, 0.4) is 0 Å². The van der Waals surface area contributed by atoms with Crippen LogP contribution in [-0.4, -0.2) is 51.9 Å². The number of hydrogen-bond acceptors (Lipinski definition) is 7. The zero-order valence-corrected chi connectivity index (χ0v) is 22.3. The van der Waals surface area contributed by atoms with E-state index in [0.717, 1.165) is 56.0 Å². The number of benzene rings is 1. The Hall–Kier alpha value is -3.10. The number of rotatable bonds is 11. The average Bonchev–Trinajstić information content (AvgIpc) is 3.20. The average molecular weight is 523 g/mol. The molecule has 2 atom stereocenters. The highest BCUT2D eigenvalue weighted by atomic mass is 35.5. The highest BCUT2D eigenvalue weighted by molar-refractivity contribution is 6.36. The third-order valence-electron chi connectivity index (χ3n) is 6.81. The molecule has 9 heteroatoms. The van der Waals surface area contributed by atoms with Crippen LogP contribution in [0.15, 0.2) is 35.5 Å². The van der Waals surface area contributed by atoms with E-state index in [0.29, 0.717) is 58.7 Å². The van der Waals surface area contributed by atoms with Crippen LogP contribution in [0, 0.1) is 11.3 Å². The number of ether oxygens (including phenoxy) is 1. The topological polar surface area (TPSA) is 116 Å². The van der Waals surface area contributed by atoms with Crippen LogP contribution in [0.25, 0.3) is 10.9 Å². The number of fused-ring (bicyclic) bond motifs is 1. The van der Waals surface area contributed by atoms with E-state index < -0.39 is 0 Å². The van der Waals surface area contributed by atoms with Crippen molar-refractivity contribution in [3.8, 4) is 0 Å². The molecule has 1 aliphatic rings. The fraction of sp³-hybridized carbons (Fsp3) is 0.464. The normalized spacial score (nSPS) is 18.5. The van der Waals surface area contributed by atoms with Crippen molar-refractivity contribution >= 4 is 51.8 Å². The molecule has 3 heterocycles. The zero-order chi connectivity index (χ0) is 26.2. The van der Waals surface area contributed by atoms with Gasteiger partial charge in [0.05, 0.1) is 28.0 Å². The third kappa shape index (κ3) is 7.02. The van der Waals surface area contributed by atoms with Crippen LogP contribution in [0.4, 0.5) is 11.6 Å². The first-order valence-corrected chi connectivity index (χ1v) is 13.5. The van der Waals surface area contributed by atoms with E-state index >= 15 is 0 Å². The number of aliphatic imine (C=N–C) groups is 1. The van der Waals surface area contributed by atoms with Crippen molar-refractivity contribution in [2.45, 2.75) is 64.9 Å². The number of nitrogens with zero attached hydrogens (tertiary/aromatic N) is 3. The van der Waals surface area contributed by atoms with Gasteiger partial charge in [-0.2, -0.15) is 0 Å². The largest absolute Gasteiger partial charge is 0.378 e. The molecule has 3 N–H and O–H groups in total. The lowest BCUT2D eigenvalue weighted by Gasteiger charge is -2.12. The molecule has 0 spiro atoms. The lowest BCUT2D eigenvalue weighted by atomic mass is 9.92. The van der Waals surface area contributed by atoms with Crippen LogP contribution in [0.2, 0.25) is 5.02 Å². The minimum atomic E-state index is 0.0977. The Morgan fingerprint density at radius 2 is 2.16 bits per heavy atom. The van der Waals surface area contributed by atoms with Gasteiger partial charge in [0, 0.05) is 43.1 Å². The van der Waals surface area contributed by atoms with Gasteiger partial charge in [0.1, 0.15) is 5.71 Å². The smallest absolute Gasteiger partial charge is 0.227 e. The Kier molecular flexibility index (Phi) is 9.41. The number of H-pyrrole nitrogens is 1. The molecular formula is C28H35ClN6O2. The summed E-state index contributed by atoms with van der Waals surface area (Å²) in [4.78, 5) is 29.4. The summed E-state index contributed by atoms with van der Waals surface area (Å²) in [5.74, 6) is 1.00. The van der Waals surface area contributed by atoms with Gasteiger partial charge in [-0.25, -0.2) is 9.97 Å².